The van der Waals surface area contributed by atoms with Gasteiger partial charge in [-0.1, -0.05) is 26.0 Å². The molecule has 4 rings (SSSR count). The zero-order valence-corrected chi connectivity index (χ0v) is 20.5. The molecule has 194 valence electrons. The number of ether oxygens (including phenoxy) is 1. The average Bonchev–Trinajstić information content (AvgIpc) is 3.25. The Balaban J connectivity index is 1.40. The lowest BCUT2D eigenvalue weighted by molar-refractivity contribution is -0.144. The number of halogens is 3. The van der Waals surface area contributed by atoms with Crippen molar-refractivity contribution in [3.05, 3.63) is 58.7 Å². The smallest absolute Gasteiger partial charge is 0.416 e. The van der Waals surface area contributed by atoms with Crippen molar-refractivity contribution in [3.63, 3.8) is 0 Å². The summed E-state index contributed by atoms with van der Waals surface area (Å²) in [7, 11) is 0. The first-order chi connectivity index (χ1) is 17.0. The van der Waals surface area contributed by atoms with E-state index in [9.17, 15) is 27.9 Å². The molecule has 0 aromatic heterocycles. The molecule has 1 fully saturated rings. The molecule has 2 aromatic rings. The number of aliphatic carboxylic acids is 1. The molecule has 2 heterocycles. The van der Waals surface area contributed by atoms with E-state index in [0.29, 0.717) is 43.8 Å². The van der Waals surface area contributed by atoms with E-state index < -0.39 is 23.6 Å². The van der Waals surface area contributed by atoms with Crippen LogP contribution < -0.4 is 9.64 Å². The van der Waals surface area contributed by atoms with Crippen LogP contribution in [-0.4, -0.2) is 48.1 Å². The van der Waals surface area contributed by atoms with Crippen molar-refractivity contribution < 1.29 is 32.6 Å². The van der Waals surface area contributed by atoms with E-state index in [0.717, 1.165) is 23.7 Å². The monoisotopic (exact) mass is 504 g/mol. The zero-order valence-electron chi connectivity index (χ0n) is 20.5. The lowest BCUT2D eigenvalue weighted by Gasteiger charge is -2.31. The Bertz CT molecular complexity index is 1130. The zero-order chi connectivity index (χ0) is 26.0. The molecule has 2 aromatic carbocycles. The second-order valence-corrected chi connectivity index (χ2v) is 9.86. The first-order valence-corrected chi connectivity index (χ1v) is 12.2. The van der Waals surface area contributed by atoms with Crippen LogP contribution in [0.3, 0.4) is 0 Å². The first-order valence-electron chi connectivity index (χ1n) is 12.2. The molecule has 0 radical (unpaired) electrons. The van der Waals surface area contributed by atoms with Gasteiger partial charge in [0.05, 0.1) is 18.0 Å². The third kappa shape index (κ3) is 5.83. The second kappa shape index (κ2) is 10.5. The molecule has 1 N–H and O–H groups in total. The van der Waals surface area contributed by atoms with Crippen molar-refractivity contribution in [2.75, 3.05) is 31.1 Å². The number of hydrogen-bond donors (Lipinski definition) is 1. The number of piperidine rings is 1. The summed E-state index contributed by atoms with van der Waals surface area (Å²) < 4.78 is 46.3. The number of carboxylic acid groups (broad SMARTS) is 1. The van der Waals surface area contributed by atoms with Gasteiger partial charge in [0.1, 0.15) is 12.4 Å². The van der Waals surface area contributed by atoms with Crippen LogP contribution in [0.25, 0.3) is 0 Å². The van der Waals surface area contributed by atoms with Gasteiger partial charge in [-0.05, 0) is 72.7 Å². The van der Waals surface area contributed by atoms with E-state index >= 15 is 0 Å². The maximum absolute atomic E-state index is 13.5. The standard InChI is InChI=1S/C27H31F3N2O4/c1-17(2)22-7-5-18(12-23(22)27(28,29)30)16-36-21-6-8-24-19(13-21)9-11-32(24)25(33)15-31-10-3-4-20(14-31)26(34)35/h5-8,12-13,17,20H,3-4,9-11,14-16H2,1-2H3,(H,34,35)/t20-/m1/s1. The molecule has 0 saturated carbocycles. The van der Waals surface area contributed by atoms with Crippen molar-refractivity contribution in [2.45, 2.75) is 51.8 Å². The van der Waals surface area contributed by atoms with Gasteiger partial charge < -0.3 is 14.7 Å². The van der Waals surface area contributed by atoms with Crippen molar-refractivity contribution in [2.24, 2.45) is 5.92 Å². The van der Waals surface area contributed by atoms with E-state index in [1.807, 2.05) is 11.0 Å². The number of carbonyl (C=O) groups excluding carboxylic acids is 1. The number of rotatable bonds is 7. The molecule has 1 atom stereocenters. The highest BCUT2D eigenvalue weighted by atomic mass is 19.4. The van der Waals surface area contributed by atoms with Crippen LogP contribution in [0.5, 0.6) is 5.75 Å². The number of benzene rings is 2. The summed E-state index contributed by atoms with van der Waals surface area (Å²) >= 11 is 0. The van der Waals surface area contributed by atoms with Gasteiger partial charge in [0.2, 0.25) is 5.91 Å². The van der Waals surface area contributed by atoms with Crippen molar-refractivity contribution in [3.8, 4) is 5.75 Å². The van der Waals surface area contributed by atoms with Crippen LogP contribution in [0, 0.1) is 5.92 Å². The minimum absolute atomic E-state index is 0.00257. The average molecular weight is 505 g/mol. The minimum atomic E-state index is -4.43. The molecule has 0 unspecified atom stereocenters. The van der Waals surface area contributed by atoms with Crippen LogP contribution in [0.4, 0.5) is 18.9 Å². The number of amides is 1. The third-order valence-electron chi connectivity index (χ3n) is 6.91. The number of fused-ring (bicyclic) bond motifs is 1. The maximum Gasteiger partial charge on any atom is 0.416 e. The number of alkyl halides is 3. The van der Waals surface area contributed by atoms with Crippen LogP contribution in [0.1, 0.15) is 54.9 Å². The molecule has 1 saturated heterocycles. The Morgan fingerprint density at radius 2 is 1.92 bits per heavy atom. The van der Waals surface area contributed by atoms with Crippen LogP contribution >= 0.6 is 0 Å². The topological polar surface area (TPSA) is 70.1 Å². The van der Waals surface area contributed by atoms with Gasteiger partial charge in [0, 0.05) is 18.8 Å². The van der Waals surface area contributed by atoms with Gasteiger partial charge in [0.15, 0.2) is 0 Å². The van der Waals surface area contributed by atoms with E-state index in [-0.39, 0.29) is 30.5 Å². The van der Waals surface area contributed by atoms with E-state index in [1.165, 1.54) is 6.07 Å². The lowest BCUT2D eigenvalue weighted by Crippen LogP contribution is -2.45. The quantitative estimate of drug-likeness (QED) is 0.569. The van der Waals surface area contributed by atoms with Gasteiger partial charge in [-0.25, -0.2) is 0 Å². The summed E-state index contributed by atoms with van der Waals surface area (Å²) in [4.78, 5) is 27.9. The van der Waals surface area contributed by atoms with Crippen molar-refractivity contribution in [1.82, 2.24) is 4.90 Å². The predicted octanol–water partition coefficient (Wildman–Crippen LogP) is 5.09. The molecule has 2 aliphatic heterocycles. The molecular formula is C27H31F3N2O4. The molecule has 0 bridgehead atoms. The Kier molecular flexibility index (Phi) is 7.59. The van der Waals surface area contributed by atoms with Crippen LogP contribution in [0.2, 0.25) is 0 Å². The molecule has 9 heteroatoms. The van der Waals surface area contributed by atoms with Gasteiger partial charge >= 0.3 is 12.1 Å². The first kappa shape index (κ1) is 26.0. The van der Waals surface area contributed by atoms with E-state index in [2.05, 4.69) is 0 Å². The number of likely N-dealkylation sites (tertiary alicyclic amines) is 1. The Morgan fingerprint density at radius 1 is 1.14 bits per heavy atom. The number of carboxylic acids is 1. The summed E-state index contributed by atoms with van der Waals surface area (Å²) in [6.07, 6.45) is -2.39. The van der Waals surface area contributed by atoms with Gasteiger partial charge in [-0.2, -0.15) is 13.2 Å². The van der Waals surface area contributed by atoms with E-state index in [1.54, 1.807) is 36.9 Å². The fourth-order valence-corrected chi connectivity index (χ4v) is 5.01. The number of carbonyl (C=O) groups is 2. The highest BCUT2D eigenvalue weighted by Gasteiger charge is 2.34. The fourth-order valence-electron chi connectivity index (χ4n) is 5.01. The SMILES string of the molecule is CC(C)c1ccc(COc2ccc3c(c2)CCN3C(=O)CN2CCC[C@@H](C(=O)O)C2)cc1C(F)(F)F. The Labute approximate surface area is 208 Å². The number of anilines is 1. The molecule has 6 nitrogen and oxygen atoms in total. The Hall–Kier alpha value is -3.07. The molecular weight excluding hydrogens is 473 g/mol. The summed E-state index contributed by atoms with van der Waals surface area (Å²) in [5.41, 5.74) is 1.79. The normalized spacial score (nSPS) is 18.4. The minimum Gasteiger partial charge on any atom is -0.489 e. The second-order valence-electron chi connectivity index (χ2n) is 9.86. The number of hydrogen-bond acceptors (Lipinski definition) is 4. The Morgan fingerprint density at radius 3 is 2.61 bits per heavy atom. The lowest BCUT2D eigenvalue weighted by atomic mass is 9.95. The van der Waals surface area contributed by atoms with E-state index in [4.69, 9.17) is 4.74 Å². The van der Waals surface area contributed by atoms with Crippen LogP contribution in [-0.2, 0) is 28.8 Å². The highest BCUT2D eigenvalue weighted by molar-refractivity contribution is 5.97. The molecule has 1 amide bonds. The van der Waals surface area contributed by atoms with Crippen LogP contribution in [0.15, 0.2) is 36.4 Å². The molecule has 0 spiro atoms. The predicted molar refractivity (Wildman–Crippen MR) is 129 cm³/mol. The highest BCUT2D eigenvalue weighted by Crippen LogP contribution is 2.36. The van der Waals surface area contributed by atoms with Gasteiger partial charge in [-0.15, -0.1) is 0 Å². The fraction of sp³-hybridized carbons (Fsp3) is 0.481. The van der Waals surface area contributed by atoms with Crippen molar-refractivity contribution in [1.29, 1.82) is 0 Å². The number of nitrogens with zero attached hydrogens (tertiary/aromatic N) is 2. The molecule has 2 aliphatic rings. The van der Waals surface area contributed by atoms with Gasteiger partial charge in [-0.3, -0.25) is 14.5 Å². The molecule has 0 aliphatic carbocycles. The van der Waals surface area contributed by atoms with Crippen molar-refractivity contribution >= 4 is 17.6 Å². The summed E-state index contributed by atoms with van der Waals surface area (Å²) in [5.74, 6) is -1.04. The summed E-state index contributed by atoms with van der Waals surface area (Å²) in [5, 5.41) is 9.27. The maximum atomic E-state index is 13.5. The summed E-state index contributed by atoms with van der Waals surface area (Å²) in [6, 6.07) is 9.68. The third-order valence-corrected chi connectivity index (χ3v) is 6.91. The van der Waals surface area contributed by atoms with Gasteiger partial charge in [0.25, 0.3) is 0 Å². The molecule has 36 heavy (non-hydrogen) atoms. The summed E-state index contributed by atoms with van der Waals surface area (Å²) in [6.45, 7) is 5.26. The largest absolute Gasteiger partial charge is 0.489 e.